The van der Waals surface area contributed by atoms with Crippen molar-refractivity contribution in [2.24, 2.45) is 7.05 Å². The summed E-state index contributed by atoms with van der Waals surface area (Å²) in [6.45, 7) is 4.01. The quantitative estimate of drug-likeness (QED) is 0.936. The van der Waals surface area contributed by atoms with E-state index in [1.165, 1.54) is 12.1 Å². The first-order chi connectivity index (χ1) is 9.70. The largest absolute Gasteiger partial charge is 0.437 e. The van der Waals surface area contributed by atoms with E-state index in [0.717, 1.165) is 11.9 Å². The van der Waals surface area contributed by atoms with Crippen LogP contribution in [-0.2, 0) is 16.9 Å². The molecule has 114 valence electrons. The number of sulfone groups is 1. The monoisotopic (exact) mass is 309 g/mol. The topological polar surface area (TPSA) is 87.2 Å². The van der Waals surface area contributed by atoms with Gasteiger partial charge in [0, 0.05) is 13.3 Å². The Morgan fingerprint density at radius 3 is 2.24 bits per heavy atom. The van der Waals surface area contributed by atoms with Gasteiger partial charge in [-0.25, -0.2) is 13.1 Å². The van der Waals surface area contributed by atoms with E-state index in [1.54, 1.807) is 23.9 Å². The summed E-state index contributed by atoms with van der Waals surface area (Å²) in [6, 6.07) is 6.19. The summed E-state index contributed by atoms with van der Waals surface area (Å²) in [4.78, 5) is 0.246. The lowest BCUT2D eigenvalue weighted by atomic mass is 10.1. The fraction of sp³-hybridized carbons (Fsp3) is 0.357. The number of aromatic nitrogens is 2. The molecule has 0 atom stereocenters. The van der Waals surface area contributed by atoms with Crippen LogP contribution in [0.25, 0.3) is 0 Å². The molecule has 0 amide bonds. The number of benzene rings is 1. The second kappa shape index (κ2) is 5.40. The van der Waals surface area contributed by atoms with Gasteiger partial charge in [0.15, 0.2) is 9.84 Å². The van der Waals surface area contributed by atoms with E-state index in [-0.39, 0.29) is 10.8 Å². The predicted octanol–water partition coefficient (Wildman–Crippen LogP) is 2.32. The summed E-state index contributed by atoms with van der Waals surface area (Å²) < 4.78 is 30.1. The Kier molecular flexibility index (Phi) is 3.95. The molecule has 0 aliphatic carbocycles. The standard InChI is InChI=1S/C14H19N3O3S/c1-9(2)13-12(15)14(17(3)16-13)20-10-5-7-11(8-6-10)21(4,18)19/h5-9H,15H2,1-4H3. The van der Waals surface area contributed by atoms with Crippen LogP contribution < -0.4 is 10.5 Å². The van der Waals surface area contributed by atoms with E-state index < -0.39 is 9.84 Å². The lowest BCUT2D eigenvalue weighted by molar-refractivity contribution is 0.432. The van der Waals surface area contributed by atoms with Crippen molar-refractivity contribution in [2.75, 3.05) is 12.0 Å². The van der Waals surface area contributed by atoms with Crippen LogP contribution in [0.3, 0.4) is 0 Å². The van der Waals surface area contributed by atoms with E-state index in [2.05, 4.69) is 5.10 Å². The van der Waals surface area contributed by atoms with E-state index in [1.807, 2.05) is 13.8 Å². The maximum atomic E-state index is 11.4. The molecule has 0 saturated heterocycles. The fourth-order valence-electron chi connectivity index (χ4n) is 1.96. The fourth-order valence-corrected chi connectivity index (χ4v) is 2.59. The average Bonchev–Trinajstić information content (AvgIpc) is 2.66. The Balaban J connectivity index is 2.31. The molecule has 0 bridgehead atoms. The molecule has 1 aromatic carbocycles. The third-order valence-electron chi connectivity index (χ3n) is 3.07. The molecular formula is C14H19N3O3S. The number of hydrogen-bond donors (Lipinski definition) is 1. The normalized spacial score (nSPS) is 11.9. The van der Waals surface area contributed by atoms with Crippen molar-refractivity contribution >= 4 is 15.5 Å². The van der Waals surface area contributed by atoms with Crippen molar-refractivity contribution in [3.05, 3.63) is 30.0 Å². The molecule has 0 fully saturated rings. The van der Waals surface area contributed by atoms with Gasteiger partial charge in [-0.3, -0.25) is 0 Å². The number of aryl methyl sites for hydroxylation is 1. The first-order valence-electron chi connectivity index (χ1n) is 6.50. The number of hydrogen-bond acceptors (Lipinski definition) is 5. The van der Waals surface area contributed by atoms with E-state index >= 15 is 0 Å². The van der Waals surface area contributed by atoms with Gasteiger partial charge in [0.25, 0.3) is 0 Å². The molecule has 6 nitrogen and oxygen atoms in total. The Hall–Kier alpha value is -2.02. The highest BCUT2D eigenvalue weighted by Crippen LogP contribution is 2.33. The summed E-state index contributed by atoms with van der Waals surface area (Å²) in [5, 5.41) is 4.33. The Bertz CT molecular complexity index is 747. The molecule has 2 rings (SSSR count). The first kappa shape index (κ1) is 15.4. The summed E-state index contributed by atoms with van der Waals surface area (Å²) in [6.07, 6.45) is 1.16. The maximum absolute atomic E-state index is 11.4. The van der Waals surface area contributed by atoms with Gasteiger partial charge < -0.3 is 10.5 Å². The molecule has 0 aliphatic rings. The summed E-state index contributed by atoms with van der Waals surface area (Å²) in [5.41, 5.74) is 7.33. The SMILES string of the molecule is CC(C)c1nn(C)c(Oc2ccc(S(C)(=O)=O)cc2)c1N. The first-order valence-corrected chi connectivity index (χ1v) is 8.39. The van der Waals surface area contributed by atoms with Crippen LogP contribution in [0.1, 0.15) is 25.5 Å². The Labute approximate surface area is 124 Å². The summed E-state index contributed by atoms with van der Waals surface area (Å²) >= 11 is 0. The highest BCUT2D eigenvalue weighted by atomic mass is 32.2. The number of anilines is 1. The van der Waals surface area contributed by atoms with Gasteiger partial charge in [-0.1, -0.05) is 13.8 Å². The van der Waals surface area contributed by atoms with Gasteiger partial charge in [0.05, 0.1) is 10.6 Å². The Morgan fingerprint density at radius 2 is 1.81 bits per heavy atom. The van der Waals surface area contributed by atoms with Gasteiger partial charge in [0.2, 0.25) is 5.88 Å². The minimum atomic E-state index is -3.21. The number of nitrogens with two attached hydrogens (primary N) is 1. The minimum absolute atomic E-state index is 0.196. The van der Waals surface area contributed by atoms with Crippen LogP contribution in [0.2, 0.25) is 0 Å². The zero-order valence-electron chi connectivity index (χ0n) is 12.5. The molecule has 1 heterocycles. The number of rotatable bonds is 4. The van der Waals surface area contributed by atoms with Gasteiger partial charge in [-0.2, -0.15) is 5.10 Å². The van der Waals surface area contributed by atoms with Crippen molar-refractivity contribution in [1.82, 2.24) is 9.78 Å². The van der Waals surface area contributed by atoms with Gasteiger partial charge >= 0.3 is 0 Å². The molecular weight excluding hydrogens is 290 g/mol. The van der Waals surface area contributed by atoms with Crippen LogP contribution in [-0.4, -0.2) is 24.5 Å². The molecule has 21 heavy (non-hydrogen) atoms. The van der Waals surface area contributed by atoms with Crippen molar-refractivity contribution < 1.29 is 13.2 Å². The van der Waals surface area contributed by atoms with Gasteiger partial charge in [0.1, 0.15) is 11.4 Å². The van der Waals surface area contributed by atoms with Crippen LogP contribution in [0, 0.1) is 0 Å². The highest BCUT2D eigenvalue weighted by Gasteiger charge is 2.18. The third kappa shape index (κ3) is 3.18. The molecule has 0 unspecified atom stereocenters. The minimum Gasteiger partial charge on any atom is -0.437 e. The second-order valence-corrected chi connectivity index (χ2v) is 7.24. The second-order valence-electron chi connectivity index (χ2n) is 5.23. The summed E-state index contributed by atoms with van der Waals surface area (Å²) in [5.74, 6) is 1.15. The van der Waals surface area contributed by atoms with Crippen molar-refractivity contribution in [3.8, 4) is 11.6 Å². The average molecular weight is 309 g/mol. The molecule has 2 aromatic rings. The number of nitrogen functional groups attached to an aromatic ring is 1. The van der Waals surface area contributed by atoms with E-state index in [4.69, 9.17) is 10.5 Å². The molecule has 2 N–H and O–H groups in total. The smallest absolute Gasteiger partial charge is 0.241 e. The molecule has 0 aliphatic heterocycles. The van der Waals surface area contributed by atoms with Gasteiger partial charge in [-0.15, -0.1) is 0 Å². The van der Waals surface area contributed by atoms with Crippen LogP contribution in [0.4, 0.5) is 5.69 Å². The Morgan fingerprint density at radius 1 is 1.24 bits per heavy atom. The lowest BCUT2D eigenvalue weighted by Crippen LogP contribution is -1.99. The number of ether oxygens (including phenoxy) is 1. The summed E-state index contributed by atoms with van der Waals surface area (Å²) in [7, 11) is -1.46. The zero-order valence-corrected chi connectivity index (χ0v) is 13.3. The molecule has 1 aromatic heterocycles. The van der Waals surface area contributed by atoms with Crippen molar-refractivity contribution in [3.63, 3.8) is 0 Å². The van der Waals surface area contributed by atoms with E-state index in [9.17, 15) is 8.42 Å². The zero-order chi connectivity index (χ0) is 15.8. The molecule has 7 heteroatoms. The van der Waals surface area contributed by atoms with Crippen LogP contribution >= 0.6 is 0 Å². The molecule has 0 spiro atoms. The lowest BCUT2D eigenvalue weighted by Gasteiger charge is -2.07. The van der Waals surface area contributed by atoms with Crippen LogP contribution in [0.15, 0.2) is 29.2 Å². The predicted molar refractivity (Wildman–Crippen MR) is 81.3 cm³/mol. The van der Waals surface area contributed by atoms with Crippen molar-refractivity contribution in [2.45, 2.75) is 24.7 Å². The third-order valence-corrected chi connectivity index (χ3v) is 4.20. The van der Waals surface area contributed by atoms with Gasteiger partial charge in [-0.05, 0) is 30.2 Å². The van der Waals surface area contributed by atoms with Crippen LogP contribution in [0.5, 0.6) is 11.6 Å². The van der Waals surface area contributed by atoms with E-state index in [0.29, 0.717) is 17.3 Å². The maximum Gasteiger partial charge on any atom is 0.241 e. The molecule has 0 radical (unpaired) electrons. The highest BCUT2D eigenvalue weighted by molar-refractivity contribution is 7.90. The molecule has 0 saturated carbocycles. The number of nitrogens with zero attached hydrogens (tertiary/aromatic N) is 2. The van der Waals surface area contributed by atoms with Crippen molar-refractivity contribution in [1.29, 1.82) is 0 Å².